The van der Waals surface area contributed by atoms with Crippen molar-refractivity contribution in [3.63, 3.8) is 0 Å². The highest BCUT2D eigenvalue weighted by molar-refractivity contribution is 5.93. The Balaban J connectivity index is 1.73. The van der Waals surface area contributed by atoms with E-state index in [1.54, 1.807) is 11.8 Å². The van der Waals surface area contributed by atoms with Gasteiger partial charge in [0, 0.05) is 18.7 Å². The molecule has 1 saturated carbocycles. The number of methoxy groups -OCH3 is 1. The molecule has 1 aliphatic carbocycles. The summed E-state index contributed by atoms with van der Waals surface area (Å²) in [5, 5.41) is 7.66. The van der Waals surface area contributed by atoms with Crippen LogP contribution < -0.4 is 10.1 Å². The van der Waals surface area contributed by atoms with Crippen LogP contribution in [-0.4, -0.2) is 28.8 Å². The summed E-state index contributed by atoms with van der Waals surface area (Å²) < 4.78 is 6.84. The lowest BCUT2D eigenvalue weighted by Crippen LogP contribution is -2.35. The van der Waals surface area contributed by atoms with Gasteiger partial charge in [-0.3, -0.25) is 9.48 Å². The van der Waals surface area contributed by atoms with Crippen molar-refractivity contribution in [3.05, 3.63) is 36.0 Å². The summed E-state index contributed by atoms with van der Waals surface area (Å²) in [6.45, 7) is 0. The minimum Gasteiger partial charge on any atom is -0.497 e. The van der Waals surface area contributed by atoms with Crippen LogP contribution in [0, 0.1) is 0 Å². The maximum atomic E-state index is 12.6. The van der Waals surface area contributed by atoms with Crippen molar-refractivity contribution in [2.45, 2.75) is 44.6 Å². The average Bonchev–Trinajstić information content (AvgIpc) is 2.81. The zero-order chi connectivity index (χ0) is 16.9. The summed E-state index contributed by atoms with van der Waals surface area (Å²) in [6, 6.07) is 9.85. The maximum absolute atomic E-state index is 12.6. The van der Waals surface area contributed by atoms with Crippen LogP contribution in [-0.2, 0) is 7.05 Å². The van der Waals surface area contributed by atoms with Gasteiger partial charge in [0.1, 0.15) is 11.4 Å². The molecule has 2 aromatic rings. The molecule has 0 atom stereocenters. The van der Waals surface area contributed by atoms with E-state index < -0.39 is 0 Å². The molecular formula is C19H25N3O2. The van der Waals surface area contributed by atoms with Gasteiger partial charge < -0.3 is 10.1 Å². The van der Waals surface area contributed by atoms with Gasteiger partial charge in [0.15, 0.2) is 0 Å². The number of hydrogen-bond donors (Lipinski definition) is 1. The van der Waals surface area contributed by atoms with Crippen molar-refractivity contribution < 1.29 is 9.53 Å². The zero-order valence-corrected chi connectivity index (χ0v) is 14.4. The highest BCUT2D eigenvalue weighted by atomic mass is 16.5. The summed E-state index contributed by atoms with van der Waals surface area (Å²) in [5.41, 5.74) is 2.37. The Hall–Kier alpha value is -2.30. The van der Waals surface area contributed by atoms with E-state index >= 15 is 0 Å². The topological polar surface area (TPSA) is 56.1 Å². The molecule has 128 valence electrons. The lowest BCUT2D eigenvalue weighted by Gasteiger charge is -2.15. The number of aromatic nitrogens is 2. The summed E-state index contributed by atoms with van der Waals surface area (Å²) in [7, 11) is 3.46. The van der Waals surface area contributed by atoms with Gasteiger partial charge in [-0.1, -0.05) is 25.7 Å². The number of ether oxygens (including phenoxy) is 1. The second-order valence-electron chi connectivity index (χ2n) is 6.43. The number of aryl methyl sites for hydroxylation is 1. The summed E-state index contributed by atoms with van der Waals surface area (Å²) in [5.74, 6) is 0.776. The van der Waals surface area contributed by atoms with E-state index in [9.17, 15) is 4.79 Å². The second-order valence-corrected chi connectivity index (χ2v) is 6.43. The Morgan fingerprint density at radius 3 is 2.46 bits per heavy atom. The van der Waals surface area contributed by atoms with Crippen molar-refractivity contribution in [2.24, 2.45) is 7.05 Å². The van der Waals surface area contributed by atoms with E-state index in [1.165, 1.54) is 25.7 Å². The Morgan fingerprint density at radius 2 is 1.83 bits per heavy atom. The lowest BCUT2D eigenvalue weighted by molar-refractivity contribution is 0.0924. The van der Waals surface area contributed by atoms with Crippen molar-refractivity contribution in [3.8, 4) is 17.0 Å². The van der Waals surface area contributed by atoms with Crippen LogP contribution in [0.5, 0.6) is 5.75 Å². The molecule has 1 fully saturated rings. The van der Waals surface area contributed by atoms with Crippen molar-refractivity contribution in [1.29, 1.82) is 0 Å². The number of benzene rings is 1. The van der Waals surface area contributed by atoms with Crippen molar-refractivity contribution >= 4 is 5.91 Å². The van der Waals surface area contributed by atoms with Crippen LogP contribution in [0.25, 0.3) is 11.3 Å². The van der Waals surface area contributed by atoms with Crippen LogP contribution in [0.15, 0.2) is 30.3 Å². The molecule has 0 saturated heterocycles. The average molecular weight is 327 g/mol. The van der Waals surface area contributed by atoms with E-state index in [4.69, 9.17) is 4.74 Å². The first-order valence-corrected chi connectivity index (χ1v) is 8.66. The molecule has 1 amide bonds. The molecule has 0 aliphatic heterocycles. The highest BCUT2D eigenvalue weighted by Gasteiger charge is 2.19. The van der Waals surface area contributed by atoms with E-state index in [-0.39, 0.29) is 5.91 Å². The Morgan fingerprint density at radius 1 is 1.17 bits per heavy atom. The number of carbonyl (C=O) groups excluding carboxylic acids is 1. The number of hydrogen-bond acceptors (Lipinski definition) is 3. The molecule has 5 heteroatoms. The molecule has 1 heterocycles. The molecule has 1 N–H and O–H groups in total. The van der Waals surface area contributed by atoms with Gasteiger partial charge >= 0.3 is 0 Å². The third-order valence-electron chi connectivity index (χ3n) is 4.69. The monoisotopic (exact) mass is 327 g/mol. The minimum absolute atomic E-state index is 0.0309. The van der Waals surface area contributed by atoms with Crippen molar-refractivity contribution in [1.82, 2.24) is 15.1 Å². The predicted molar refractivity (Wildman–Crippen MR) is 94.2 cm³/mol. The quantitative estimate of drug-likeness (QED) is 0.874. The SMILES string of the molecule is COc1ccc(-c2cc(C(=O)NC3CCCCCC3)n(C)n2)cc1. The predicted octanol–water partition coefficient (Wildman–Crippen LogP) is 3.55. The second kappa shape index (κ2) is 7.51. The lowest BCUT2D eigenvalue weighted by atomic mass is 10.1. The van der Waals surface area contributed by atoms with Gasteiger partial charge in [0.2, 0.25) is 0 Å². The van der Waals surface area contributed by atoms with Crippen molar-refractivity contribution in [2.75, 3.05) is 7.11 Å². The third kappa shape index (κ3) is 3.78. The number of nitrogens with zero attached hydrogens (tertiary/aromatic N) is 2. The van der Waals surface area contributed by atoms with Crippen LogP contribution >= 0.6 is 0 Å². The first-order chi connectivity index (χ1) is 11.7. The molecule has 1 aliphatic rings. The molecule has 1 aromatic heterocycles. The van der Waals surface area contributed by atoms with E-state index in [2.05, 4.69) is 10.4 Å². The van der Waals surface area contributed by atoms with Crippen LogP contribution in [0.1, 0.15) is 49.0 Å². The van der Waals surface area contributed by atoms with Crippen LogP contribution in [0.4, 0.5) is 0 Å². The molecule has 0 spiro atoms. The summed E-state index contributed by atoms with van der Waals surface area (Å²) >= 11 is 0. The molecule has 0 radical (unpaired) electrons. The molecule has 3 rings (SSSR count). The highest BCUT2D eigenvalue weighted by Crippen LogP contribution is 2.22. The Kier molecular flexibility index (Phi) is 5.18. The van der Waals surface area contributed by atoms with Gasteiger partial charge in [0.25, 0.3) is 5.91 Å². The Bertz CT molecular complexity index is 683. The van der Waals surface area contributed by atoms with E-state index in [1.807, 2.05) is 37.4 Å². The number of amides is 1. The molecule has 0 bridgehead atoms. The molecule has 5 nitrogen and oxygen atoms in total. The molecular weight excluding hydrogens is 302 g/mol. The third-order valence-corrected chi connectivity index (χ3v) is 4.69. The fourth-order valence-corrected chi connectivity index (χ4v) is 3.27. The summed E-state index contributed by atoms with van der Waals surface area (Å²) in [4.78, 5) is 12.6. The van der Waals surface area contributed by atoms with Gasteiger partial charge in [-0.05, 0) is 43.2 Å². The number of carbonyl (C=O) groups is 1. The number of rotatable bonds is 4. The normalized spacial score (nSPS) is 15.8. The largest absolute Gasteiger partial charge is 0.497 e. The fourth-order valence-electron chi connectivity index (χ4n) is 3.27. The maximum Gasteiger partial charge on any atom is 0.269 e. The van der Waals surface area contributed by atoms with E-state index in [0.717, 1.165) is 29.8 Å². The number of nitrogens with one attached hydrogen (secondary N) is 1. The molecule has 1 aromatic carbocycles. The fraction of sp³-hybridized carbons (Fsp3) is 0.474. The van der Waals surface area contributed by atoms with Gasteiger partial charge in [-0.25, -0.2) is 0 Å². The van der Waals surface area contributed by atoms with Gasteiger partial charge in [-0.2, -0.15) is 5.10 Å². The Labute approximate surface area is 143 Å². The molecule has 24 heavy (non-hydrogen) atoms. The first-order valence-electron chi connectivity index (χ1n) is 8.66. The van der Waals surface area contributed by atoms with Gasteiger partial charge in [0.05, 0.1) is 12.8 Å². The smallest absolute Gasteiger partial charge is 0.269 e. The zero-order valence-electron chi connectivity index (χ0n) is 14.4. The molecule has 0 unspecified atom stereocenters. The first kappa shape index (κ1) is 16.6. The van der Waals surface area contributed by atoms with Crippen LogP contribution in [0.2, 0.25) is 0 Å². The summed E-state index contributed by atoms with van der Waals surface area (Å²) in [6.07, 6.45) is 7.12. The van der Waals surface area contributed by atoms with Gasteiger partial charge in [-0.15, -0.1) is 0 Å². The standard InChI is InChI=1S/C19H25N3O2/c1-22-18(19(23)20-15-7-5-3-4-6-8-15)13-17(21-22)14-9-11-16(24-2)12-10-14/h9-13,15H,3-8H2,1-2H3,(H,20,23). The van der Waals surface area contributed by atoms with Crippen LogP contribution in [0.3, 0.4) is 0 Å². The van der Waals surface area contributed by atoms with E-state index in [0.29, 0.717) is 11.7 Å². The minimum atomic E-state index is -0.0309.